The third-order valence-corrected chi connectivity index (χ3v) is 2.90. The largest absolute Gasteiger partial charge is 0.419 e. The van der Waals surface area contributed by atoms with Gasteiger partial charge >= 0.3 is 0 Å². The average Bonchev–Trinajstić information content (AvgIpc) is 2.77. The van der Waals surface area contributed by atoms with Crippen LogP contribution in [0.2, 0.25) is 0 Å². The summed E-state index contributed by atoms with van der Waals surface area (Å²) in [6, 6.07) is 4.63. The molecule has 1 heterocycles. The fourth-order valence-electron chi connectivity index (χ4n) is 1.30. The lowest BCUT2D eigenvalue weighted by Gasteiger charge is -2.02. The van der Waals surface area contributed by atoms with Gasteiger partial charge in [-0.2, -0.15) is 0 Å². The molecule has 0 fully saturated rings. The van der Waals surface area contributed by atoms with Gasteiger partial charge in [0.25, 0.3) is 5.89 Å². The van der Waals surface area contributed by atoms with Gasteiger partial charge in [0, 0.05) is 4.47 Å². The third-order valence-electron chi connectivity index (χ3n) is 2.41. The molecular formula is C11H11BrFN3O. The molecule has 1 unspecified atom stereocenters. The Kier molecular flexibility index (Phi) is 3.54. The van der Waals surface area contributed by atoms with Gasteiger partial charge in [-0.05, 0) is 32.2 Å². The van der Waals surface area contributed by atoms with Crippen LogP contribution < -0.4 is 5.32 Å². The molecule has 0 bridgehead atoms. The Balaban J connectivity index is 2.37. The molecule has 90 valence electrons. The first kappa shape index (κ1) is 12.2. The topological polar surface area (TPSA) is 51.0 Å². The van der Waals surface area contributed by atoms with Crippen LogP contribution in [0.4, 0.5) is 4.39 Å². The Bertz CT molecular complexity index is 529. The lowest BCUT2D eigenvalue weighted by Crippen LogP contribution is -2.12. The molecule has 0 aliphatic heterocycles. The summed E-state index contributed by atoms with van der Waals surface area (Å²) in [6.45, 7) is 1.88. The number of hydrogen-bond acceptors (Lipinski definition) is 4. The Hall–Kier alpha value is -1.27. The highest BCUT2D eigenvalue weighted by atomic mass is 79.9. The molecule has 17 heavy (non-hydrogen) atoms. The quantitative estimate of drug-likeness (QED) is 0.947. The standard InChI is InChI=1S/C11H11BrFN3O/c1-6(14-2)10-15-16-11(17-10)8-4-3-7(12)5-9(8)13/h3-6,14H,1-2H3. The van der Waals surface area contributed by atoms with E-state index in [4.69, 9.17) is 4.42 Å². The maximum absolute atomic E-state index is 13.7. The van der Waals surface area contributed by atoms with Crippen molar-refractivity contribution in [2.75, 3.05) is 7.05 Å². The second kappa shape index (κ2) is 4.93. The smallest absolute Gasteiger partial charge is 0.250 e. The molecule has 1 N–H and O–H groups in total. The summed E-state index contributed by atoms with van der Waals surface area (Å²) in [5.74, 6) is 0.226. The van der Waals surface area contributed by atoms with Gasteiger partial charge in [-0.1, -0.05) is 15.9 Å². The van der Waals surface area contributed by atoms with Gasteiger partial charge in [-0.25, -0.2) is 4.39 Å². The number of nitrogens with one attached hydrogen (secondary N) is 1. The van der Waals surface area contributed by atoms with E-state index in [-0.39, 0.29) is 11.9 Å². The van der Waals surface area contributed by atoms with Crippen molar-refractivity contribution in [1.29, 1.82) is 0 Å². The van der Waals surface area contributed by atoms with E-state index in [9.17, 15) is 4.39 Å². The number of benzene rings is 1. The Labute approximate surface area is 106 Å². The predicted octanol–water partition coefficient (Wildman–Crippen LogP) is 2.92. The van der Waals surface area contributed by atoms with Gasteiger partial charge in [0.1, 0.15) is 5.82 Å². The molecule has 0 radical (unpaired) electrons. The minimum atomic E-state index is -0.397. The van der Waals surface area contributed by atoms with E-state index >= 15 is 0 Å². The van der Waals surface area contributed by atoms with Crippen LogP contribution in [-0.4, -0.2) is 17.2 Å². The molecule has 0 saturated heterocycles. The van der Waals surface area contributed by atoms with Crippen LogP contribution in [0.3, 0.4) is 0 Å². The van der Waals surface area contributed by atoms with Crippen molar-refractivity contribution in [3.63, 3.8) is 0 Å². The summed E-state index contributed by atoms with van der Waals surface area (Å²) < 4.78 is 19.7. The molecular weight excluding hydrogens is 289 g/mol. The lowest BCUT2D eigenvalue weighted by atomic mass is 10.2. The summed E-state index contributed by atoms with van der Waals surface area (Å²) >= 11 is 3.19. The Morgan fingerprint density at radius 1 is 1.41 bits per heavy atom. The fraction of sp³-hybridized carbons (Fsp3) is 0.273. The van der Waals surface area contributed by atoms with E-state index in [1.165, 1.54) is 6.07 Å². The van der Waals surface area contributed by atoms with E-state index in [2.05, 4.69) is 31.4 Å². The fourth-order valence-corrected chi connectivity index (χ4v) is 1.64. The van der Waals surface area contributed by atoms with Crippen LogP contribution in [0.1, 0.15) is 18.9 Å². The second-order valence-electron chi connectivity index (χ2n) is 3.58. The van der Waals surface area contributed by atoms with Crippen molar-refractivity contribution in [2.45, 2.75) is 13.0 Å². The van der Waals surface area contributed by atoms with E-state index in [1.807, 2.05) is 6.92 Å². The molecule has 1 aromatic carbocycles. The van der Waals surface area contributed by atoms with Gasteiger partial charge < -0.3 is 9.73 Å². The highest BCUT2D eigenvalue weighted by molar-refractivity contribution is 9.10. The van der Waals surface area contributed by atoms with Crippen LogP contribution in [0, 0.1) is 5.82 Å². The predicted molar refractivity (Wildman–Crippen MR) is 64.9 cm³/mol. The normalized spacial score (nSPS) is 12.7. The number of hydrogen-bond donors (Lipinski definition) is 1. The highest BCUT2D eigenvalue weighted by Gasteiger charge is 2.16. The average molecular weight is 300 g/mol. The van der Waals surface area contributed by atoms with Crippen molar-refractivity contribution < 1.29 is 8.81 Å². The van der Waals surface area contributed by atoms with Gasteiger partial charge in [-0.3, -0.25) is 0 Å². The SMILES string of the molecule is CNC(C)c1nnc(-c2ccc(Br)cc2F)o1. The van der Waals surface area contributed by atoms with Gasteiger partial charge in [0.2, 0.25) is 5.89 Å². The first-order valence-corrected chi connectivity index (χ1v) is 5.87. The summed E-state index contributed by atoms with van der Waals surface area (Å²) in [7, 11) is 1.79. The van der Waals surface area contributed by atoms with Gasteiger partial charge in [0.05, 0.1) is 11.6 Å². The van der Waals surface area contributed by atoms with Crippen LogP contribution >= 0.6 is 15.9 Å². The first-order chi connectivity index (χ1) is 8.11. The van der Waals surface area contributed by atoms with Gasteiger partial charge in [-0.15, -0.1) is 10.2 Å². The summed E-state index contributed by atoms with van der Waals surface area (Å²) in [4.78, 5) is 0. The molecule has 0 saturated carbocycles. The molecule has 4 nitrogen and oxygen atoms in total. The van der Waals surface area contributed by atoms with Crippen molar-refractivity contribution in [3.05, 3.63) is 34.4 Å². The van der Waals surface area contributed by atoms with Gasteiger partial charge in [0.15, 0.2) is 0 Å². The van der Waals surface area contributed by atoms with Crippen molar-refractivity contribution in [1.82, 2.24) is 15.5 Å². The zero-order valence-electron chi connectivity index (χ0n) is 9.37. The van der Waals surface area contributed by atoms with Crippen LogP contribution in [-0.2, 0) is 0 Å². The zero-order valence-corrected chi connectivity index (χ0v) is 11.0. The minimum absolute atomic E-state index is 0.0604. The molecule has 2 aromatic rings. The lowest BCUT2D eigenvalue weighted by molar-refractivity contribution is 0.439. The maximum atomic E-state index is 13.7. The van der Waals surface area contributed by atoms with E-state index in [0.717, 1.165) is 0 Å². The Morgan fingerprint density at radius 3 is 2.82 bits per heavy atom. The zero-order chi connectivity index (χ0) is 12.4. The van der Waals surface area contributed by atoms with Crippen molar-refractivity contribution in [2.24, 2.45) is 0 Å². The van der Waals surface area contributed by atoms with E-state index < -0.39 is 5.82 Å². The second-order valence-corrected chi connectivity index (χ2v) is 4.50. The van der Waals surface area contributed by atoms with Crippen molar-refractivity contribution >= 4 is 15.9 Å². The number of halogens is 2. The summed E-state index contributed by atoms with van der Waals surface area (Å²) in [5, 5.41) is 10.7. The Morgan fingerprint density at radius 2 is 2.18 bits per heavy atom. The van der Waals surface area contributed by atoms with Crippen LogP contribution in [0.15, 0.2) is 27.1 Å². The molecule has 0 amide bonds. The van der Waals surface area contributed by atoms with E-state index in [0.29, 0.717) is 15.9 Å². The van der Waals surface area contributed by atoms with E-state index in [1.54, 1.807) is 19.2 Å². The molecule has 1 aromatic heterocycles. The van der Waals surface area contributed by atoms with Crippen molar-refractivity contribution in [3.8, 4) is 11.5 Å². The minimum Gasteiger partial charge on any atom is -0.419 e. The maximum Gasteiger partial charge on any atom is 0.250 e. The molecule has 6 heteroatoms. The summed E-state index contributed by atoms with van der Waals surface area (Å²) in [6.07, 6.45) is 0. The molecule has 0 aliphatic carbocycles. The number of rotatable bonds is 3. The van der Waals surface area contributed by atoms with Crippen LogP contribution in [0.25, 0.3) is 11.5 Å². The molecule has 1 atom stereocenters. The highest BCUT2D eigenvalue weighted by Crippen LogP contribution is 2.25. The number of nitrogens with zero attached hydrogens (tertiary/aromatic N) is 2. The molecule has 2 rings (SSSR count). The first-order valence-electron chi connectivity index (χ1n) is 5.08. The third kappa shape index (κ3) is 2.53. The monoisotopic (exact) mass is 299 g/mol. The molecule has 0 aliphatic rings. The van der Waals surface area contributed by atoms with Crippen LogP contribution in [0.5, 0.6) is 0 Å². The number of aromatic nitrogens is 2. The summed E-state index contributed by atoms with van der Waals surface area (Å²) in [5.41, 5.74) is 0.301. The molecule has 0 spiro atoms.